The lowest BCUT2D eigenvalue weighted by atomic mass is 10.5. The number of sulfonamides is 1. The number of thiophene rings is 1. The van der Waals surface area contributed by atoms with Crippen molar-refractivity contribution in [2.75, 3.05) is 12.8 Å². The first-order chi connectivity index (χ1) is 7.47. The first kappa shape index (κ1) is 12.5. The lowest BCUT2D eigenvalue weighted by Gasteiger charge is -2.15. The van der Waals surface area contributed by atoms with E-state index in [1.165, 1.54) is 4.31 Å². The molecule has 0 aliphatic heterocycles. The van der Waals surface area contributed by atoms with Gasteiger partial charge in [-0.25, -0.2) is 8.42 Å². The van der Waals surface area contributed by atoms with Crippen LogP contribution in [0.4, 0.5) is 0 Å². The maximum Gasteiger partial charge on any atom is 0.214 e. The molecule has 0 atom stereocenters. The number of rotatable bonds is 5. The smallest absolute Gasteiger partial charge is 0.212 e. The van der Waals surface area contributed by atoms with Crippen molar-refractivity contribution >= 4 is 37.3 Å². The predicted molar refractivity (Wildman–Crippen MR) is 70.0 cm³/mol. The second-order valence-corrected chi connectivity index (χ2v) is 8.24. The third-order valence-corrected chi connectivity index (χ3v) is 6.27. The summed E-state index contributed by atoms with van der Waals surface area (Å²) in [6.07, 6.45) is 2.13. The van der Waals surface area contributed by atoms with E-state index in [0.29, 0.717) is 18.2 Å². The number of hydrogen-bond acceptors (Lipinski definition) is 3. The van der Waals surface area contributed by atoms with Gasteiger partial charge in [0.15, 0.2) is 0 Å². The van der Waals surface area contributed by atoms with Crippen LogP contribution in [0.5, 0.6) is 0 Å². The zero-order valence-corrected chi connectivity index (χ0v) is 12.2. The van der Waals surface area contributed by atoms with E-state index in [4.69, 9.17) is 0 Å². The molecule has 6 heteroatoms. The van der Waals surface area contributed by atoms with Crippen molar-refractivity contribution < 1.29 is 8.42 Å². The Bertz CT molecular complexity index is 465. The summed E-state index contributed by atoms with van der Waals surface area (Å²) in [6, 6.07) is 1.97. The van der Waals surface area contributed by atoms with Gasteiger partial charge in [0.2, 0.25) is 10.0 Å². The number of halogens is 1. The first-order valence-corrected chi connectivity index (χ1v) is 8.42. The summed E-state index contributed by atoms with van der Waals surface area (Å²) in [6.45, 7) is 0.477. The number of hydrogen-bond donors (Lipinski definition) is 0. The average Bonchev–Trinajstić information content (AvgIpc) is 2.88. The lowest BCUT2D eigenvalue weighted by molar-refractivity contribution is 0.467. The van der Waals surface area contributed by atoms with Crippen molar-refractivity contribution in [3.8, 4) is 0 Å². The van der Waals surface area contributed by atoms with Crippen LogP contribution in [0.3, 0.4) is 0 Å². The van der Waals surface area contributed by atoms with Crippen LogP contribution in [0.2, 0.25) is 0 Å². The molecule has 0 bridgehead atoms. The Hall–Kier alpha value is 0.0900. The second-order valence-electron chi connectivity index (χ2n) is 4.21. The quantitative estimate of drug-likeness (QED) is 0.835. The van der Waals surface area contributed by atoms with E-state index in [0.717, 1.165) is 22.2 Å². The molecule has 0 radical (unpaired) electrons. The molecule has 0 spiro atoms. The van der Waals surface area contributed by atoms with Crippen molar-refractivity contribution in [1.29, 1.82) is 0 Å². The molecule has 1 fully saturated rings. The SMILES string of the molecule is CN(Cc1cc(Br)cs1)S(=O)(=O)CC1CC1. The van der Waals surface area contributed by atoms with Crippen LogP contribution in [0.1, 0.15) is 17.7 Å². The van der Waals surface area contributed by atoms with E-state index >= 15 is 0 Å². The van der Waals surface area contributed by atoms with Crippen LogP contribution in [0.15, 0.2) is 15.9 Å². The van der Waals surface area contributed by atoms with Crippen LogP contribution < -0.4 is 0 Å². The minimum atomic E-state index is -3.06. The van der Waals surface area contributed by atoms with Crippen LogP contribution in [-0.4, -0.2) is 25.5 Å². The Labute approximate surface area is 109 Å². The Morgan fingerprint density at radius 3 is 2.75 bits per heavy atom. The number of nitrogens with zero attached hydrogens (tertiary/aromatic N) is 1. The van der Waals surface area contributed by atoms with Gasteiger partial charge in [0.05, 0.1) is 5.75 Å². The van der Waals surface area contributed by atoms with Crippen molar-refractivity contribution in [3.63, 3.8) is 0 Å². The molecule has 1 heterocycles. The summed E-state index contributed by atoms with van der Waals surface area (Å²) in [4.78, 5) is 1.06. The summed E-state index contributed by atoms with van der Waals surface area (Å²) in [5.41, 5.74) is 0. The molecule has 90 valence electrons. The van der Waals surface area contributed by atoms with E-state index < -0.39 is 10.0 Å². The van der Waals surface area contributed by atoms with Gasteiger partial charge < -0.3 is 0 Å². The Balaban J connectivity index is 1.98. The highest BCUT2D eigenvalue weighted by molar-refractivity contribution is 9.10. The molecule has 0 unspecified atom stereocenters. The van der Waals surface area contributed by atoms with Crippen molar-refractivity contribution in [3.05, 3.63) is 20.8 Å². The van der Waals surface area contributed by atoms with Crippen LogP contribution in [0, 0.1) is 5.92 Å². The summed E-state index contributed by atoms with van der Waals surface area (Å²) >= 11 is 4.94. The van der Waals surface area contributed by atoms with E-state index in [1.807, 2.05) is 11.4 Å². The van der Waals surface area contributed by atoms with Gasteiger partial charge in [0.1, 0.15) is 0 Å². The third kappa shape index (κ3) is 3.29. The van der Waals surface area contributed by atoms with Gasteiger partial charge >= 0.3 is 0 Å². The normalized spacial score (nSPS) is 16.9. The van der Waals surface area contributed by atoms with Crippen molar-refractivity contribution in [1.82, 2.24) is 4.31 Å². The van der Waals surface area contributed by atoms with Gasteiger partial charge in [-0.05, 0) is 40.8 Å². The average molecular weight is 324 g/mol. The molecule has 1 aromatic heterocycles. The molecule has 1 aliphatic rings. The second kappa shape index (κ2) is 4.76. The summed E-state index contributed by atoms with van der Waals surface area (Å²) in [5.74, 6) is 0.721. The monoisotopic (exact) mass is 323 g/mol. The predicted octanol–water partition coefficient (Wildman–Crippen LogP) is 2.68. The van der Waals surface area contributed by atoms with Gasteiger partial charge in [-0.3, -0.25) is 0 Å². The maximum atomic E-state index is 11.9. The molecule has 0 amide bonds. The molecule has 0 saturated heterocycles. The van der Waals surface area contributed by atoms with E-state index in [1.54, 1.807) is 18.4 Å². The largest absolute Gasteiger partial charge is 0.214 e. The third-order valence-electron chi connectivity index (χ3n) is 2.62. The minimum Gasteiger partial charge on any atom is -0.212 e. The van der Waals surface area contributed by atoms with E-state index in [9.17, 15) is 8.42 Å². The fourth-order valence-corrected chi connectivity index (χ4v) is 4.57. The van der Waals surface area contributed by atoms with E-state index in [-0.39, 0.29) is 0 Å². The zero-order valence-electron chi connectivity index (χ0n) is 9.02. The van der Waals surface area contributed by atoms with Crippen molar-refractivity contribution in [2.45, 2.75) is 19.4 Å². The fourth-order valence-electron chi connectivity index (χ4n) is 1.46. The molecule has 1 saturated carbocycles. The molecule has 0 aromatic carbocycles. The molecule has 1 aliphatic carbocycles. The Morgan fingerprint density at radius 2 is 2.25 bits per heavy atom. The highest BCUT2D eigenvalue weighted by atomic mass is 79.9. The summed E-state index contributed by atoms with van der Waals surface area (Å²) in [7, 11) is -1.40. The highest BCUT2D eigenvalue weighted by Gasteiger charge is 2.30. The molecular weight excluding hydrogens is 310 g/mol. The van der Waals surface area contributed by atoms with Crippen molar-refractivity contribution in [2.24, 2.45) is 5.92 Å². The lowest BCUT2D eigenvalue weighted by Crippen LogP contribution is -2.29. The van der Waals surface area contributed by atoms with E-state index in [2.05, 4.69) is 15.9 Å². The van der Waals surface area contributed by atoms with Gasteiger partial charge in [0.25, 0.3) is 0 Å². The molecule has 16 heavy (non-hydrogen) atoms. The zero-order chi connectivity index (χ0) is 11.8. The minimum absolute atomic E-state index is 0.316. The van der Waals surface area contributed by atoms with Crippen LogP contribution >= 0.6 is 27.3 Å². The van der Waals surface area contributed by atoms with Crippen LogP contribution in [0.25, 0.3) is 0 Å². The Morgan fingerprint density at radius 1 is 1.56 bits per heavy atom. The fraction of sp³-hybridized carbons (Fsp3) is 0.600. The molecular formula is C10H14BrNO2S2. The van der Waals surface area contributed by atoms with Gasteiger partial charge in [0, 0.05) is 28.3 Å². The van der Waals surface area contributed by atoms with Gasteiger partial charge in [-0.2, -0.15) is 4.31 Å². The highest BCUT2D eigenvalue weighted by Crippen LogP contribution is 2.31. The summed E-state index contributed by atoms with van der Waals surface area (Å²) in [5, 5.41) is 1.97. The van der Waals surface area contributed by atoms with Gasteiger partial charge in [-0.1, -0.05) is 0 Å². The van der Waals surface area contributed by atoms with Crippen LogP contribution in [-0.2, 0) is 16.6 Å². The molecule has 2 rings (SSSR count). The molecule has 0 N–H and O–H groups in total. The standard InChI is InChI=1S/C10H14BrNO2S2/c1-12(5-10-4-9(11)6-15-10)16(13,14)7-8-2-3-8/h4,6,8H,2-3,5,7H2,1H3. The molecule has 1 aromatic rings. The first-order valence-electron chi connectivity index (χ1n) is 5.14. The molecule has 3 nitrogen and oxygen atoms in total. The topological polar surface area (TPSA) is 37.4 Å². The maximum absolute atomic E-state index is 11.9. The summed E-state index contributed by atoms with van der Waals surface area (Å²) < 4.78 is 26.3. The Kier molecular flexibility index (Phi) is 3.73. The van der Waals surface area contributed by atoms with Gasteiger partial charge in [-0.15, -0.1) is 11.3 Å².